The molecule has 0 amide bonds. The zero-order valence-corrected chi connectivity index (χ0v) is 13.8. The lowest BCUT2D eigenvalue weighted by Gasteiger charge is -2.29. The van der Waals surface area contributed by atoms with Gasteiger partial charge in [-0.2, -0.15) is 0 Å². The summed E-state index contributed by atoms with van der Waals surface area (Å²) in [6, 6.07) is 2.22. The highest BCUT2D eigenvalue weighted by Gasteiger charge is 2.46. The molecule has 3 unspecified atom stereocenters. The van der Waals surface area contributed by atoms with E-state index in [2.05, 4.69) is 20.8 Å². The first kappa shape index (κ1) is 15.5. The van der Waals surface area contributed by atoms with Gasteiger partial charge in [-0.3, -0.25) is 0 Å². The lowest BCUT2D eigenvalue weighted by atomic mass is 9.86. The van der Waals surface area contributed by atoms with Crippen molar-refractivity contribution in [2.45, 2.75) is 77.2 Å². The maximum absolute atomic E-state index is 6.03. The maximum Gasteiger partial charge on any atom is 0.337 e. The van der Waals surface area contributed by atoms with E-state index in [0.717, 1.165) is 31.2 Å². The average molecular weight is 286 g/mol. The molecule has 1 heterocycles. The predicted molar refractivity (Wildman–Crippen MR) is 79.5 cm³/mol. The molecule has 2 rings (SSSR count). The van der Waals surface area contributed by atoms with Gasteiger partial charge in [0.05, 0.1) is 12.2 Å². The van der Waals surface area contributed by atoms with Crippen LogP contribution in [0.4, 0.5) is 0 Å². The zero-order chi connectivity index (χ0) is 13.7. The Morgan fingerprint density at radius 2 is 1.84 bits per heavy atom. The quantitative estimate of drug-likeness (QED) is 0.476. The normalized spacial score (nSPS) is 30.2. The topological polar surface area (TPSA) is 31.0 Å². The van der Waals surface area contributed by atoms with Crippen LogP contribution in [-0.2, 0) is 13.6 Å². The van der Waals surface area contributed by atoms with Crippen molar-refractivity contribution in [3.05, 3.63) is 0 Å². The predicted octanol–water partition coefficient (Wildman–Crippen LogP) is 3.87. The first-order valence-corrected chi connectivity index (χ1v) is 10.4. The molecule has 112 valence electrons. The largest absolute Gasteiger partial charge is 0.394 e. The molecule has 0 aromatic rings. The van der Waals surface area contributed by atoms with Gasteiger partial charge in [-0.05, 0) is 51.1 Å². The second-order valence-electron chi connectivity index (χ2n) is 5.85. The molecule has 2 aliphatic rings. The minimum atomic E-state index is -1.90. The average Bonchev–Trinajstić information content (AvgIpc) is 3.19. The zero-order valence-electron chi connectivity index (χ0n) is 12.8. The lowest BCUT2D eigenvalue weighted by Crippen LogP contribution is -2.41. The summed E-state index contributed by atoms with van der Waals surface area (Å²) in [6.07, 6.45) is 7.79. The van der Waals surface area contributed by atoms with E-state index in [1.54, 1.807) is 0 Å². The van der Waals surface area contributed by atoms with Crippen LogP contribution >= 0.6 is 0 Å². The Hall–Kier alpha value is 0.0969. The standard InChI is InChI=1S/C15H30O3Si/c1-4-16-19(6-3,17-5-2)12-8-10-13-9-7-11-14-15(13)18-14/h13-15H,4-12H2,1-3H3. The van der Waals surface area contributed by atoms with Gasteiger partial charge in [0, 0.05) is 13.2 Å². The van der Waals surface area contributed by atoms with Crippen molar-refractivity contribution in [1.82, 2.24) is 0 Å². The van der Waals surface area contributed by atoms with E-state index in [-0.39, 0.29) is 0 Å². The summed E-state index contributed by atoms with van der Waals surface area (Å²) in [5.74, 6) is 0.811. The van der Waals surface area contributed by atoms with Gasteiger partial charge in [0.15, 0.2) is 0 Å². The molecule has 0 radical (unpaired) electrons. The Bertz CT molecular complexity index is 266. The number of fused-ring (bicyclic) bond motifs is 1. The smallest absolute Gasteiger partial charge is 0.337 e. The Labute approximate surface area is 119 Å². The van der Waals surface area contributed by atoms with E-state index >= 15 is 0 Å². The molecule has 1 aliphatic carbocycles. The minimum absolute atomic E-state index is 0.602. The lowest BCUT2D eigenvalue weighted by molar-refractivity contribution is 0.181. The molecule has 3 nitrogen and oxygen atoms in total. The molecule has 0 spiro atoms. The van der Waals surface area contributed by atoms with E-state index in [1.165, 1.54) is 32.1 Å². The Morgan fingerprint density at radius 1 is 1.11 bits per heavy atom. The van der Waals surface area contributed by atoms with Crippen LogP contribution in [-0.4, -0.2) is 34.0 Å². The van der Waals surface area contributed by atoms with Gasteiger partial charge in [-0.1, -0.05) is 19.8 Å². The Morgan fingerprint density at radius 3 is 2.47 bits per heavy atom. The second kappa shape index (κ2) is 7.20. The summed E-state index contributed by atoms with van der Waals surface area (Å²) >= 11 is 0. The molecular formula is C15H30O3Si. The highest BCUT2D eigenvalue weighted by atomic mass is 28.4. The SMILES string of the molecule is CCO[Si](CC)(CCCC1CCCC2OC12)OCC. The van der Waals surface area contributed by atoms with Crippen molar-refractivity contribution in [2.75, 3.05) is 13.2 Å². The van der Waals surface area contributed by atoms with Crippen molar-refractivity contribution in [3.63, 3.8) is 0 Å². The van der Waals surface area contributed by atoms with E-state index in [0.29, 0.717) is 12.2 Å². The van der Waals surface area contributed by atoms with Crippen LogP contribution in [0.2, 0.25) is 12.1 Å². The van der Waals surface area contributed by atoms with Crippen LogP contribution in [0.1, 0.15) is 52.9 Å². The third-order valence-corrected chi connectivity index (χ3v) is 8.46. The summed E-state index contributed by atoms with van der Waals surface area (Å²) < 4.78 is 17.8. The van der Waals surface area contributed by atoms with Crippen molar-refractivity contribution < 1.29 is 13.6 Å². The summed E-state index contributed by atoms with van der Waals surface area (Å²) in [7, 11) is -1.90. The Kier molecular flexibility index (Phi) is 5.87. The number of rotatable bonds is 9. The monoisotopic (exact) mass is 286 g/mol. The van der Waals surface area contributed by atoms with E-state index in [9.17, 15) is 0 Å². The van der Waals surface area contributed by atoms with Gasteiger partial charge in [0.1, 0.15) is 0 Å². The van der Waals surface area contributed by atoms with Crippen molar-refractivity contribution in [1.29, 1.82) is 0 Å². The van der Waals surface area contributed by atoms with E-state index in [4.69, 9.17) is 13.6 Å². The number of epoxide rings is 1. The molecule has 0 N–H and O–H groups in total. The molecule has 1 saturated heterocycles. The van der Waals surface area contributed by atoms with Crippen molar-refractivity contribution in [3.8, 4) is 0 Å². The van der Waals surface area contributed by atoms with Crippen LogP contribution in [0.15, 0.2) is 0 Å². The first-order valence-electron chi connectivity index (χ1n) is 8.18. The van der Waals surface area contributed by atoms with E-state index < -0.39 is 8.56 Å². The molecule has 0 aromatic carbocycles. The summed E-state index contributed by atoms with van der Waals surface area (Å²) in [4.78, 5) is 0. The first-order chi connectivity index (χ1) is 9.24. The van der Waals surface area contributed by atoms with Gasteiger partial charge in [-0.15, -0.1) is 0 Å². The van der Waals surface area contributed by atoms with Crippen LogP contribution in [0.3, 0.4) is 0 Å². The van der Waals surface area contributed by atoms with E-state index in [1.807, 2.05) is 0 Å². The molecule has 4 heteroatoms. The maximum atomic E-state index is 6.03. The van der Waals surface area contributed by atoms with Gasteiger partial charge in [0.25, 0.3) is 0 Å². The van der Waals surface area contributed by atoms with Crippen LogP contribution in [0, 0.1) is 5.92 Å². The fourth-order valence-electron chi connectivity index (χ4n) is 3.58. The molecule has 3 atom stereocenters. The summed E-state index contributed by atoms with van der Waals surface area (Å²) in [5.41, 5.74) is 0. The molecule has 0 aromatic heterocycles. The molecule has 1 aliphatic heterocycles. The molecule has 0 bridgehead atoms. The molecule has 1 saturated carbocycles. The molecule has 19 heavy (non-hydrogen) atoms. The fraction of sp³-hybridized carbons (Fsp3) is 1.00. The van der Waals surface area contributed by atoms with Gasteiger partial charge in [0.2, 0.25) is 0 Å². The van der Waals surface area contributed by atoms with Gasteiger partial charge >= 0.3 is 8.56 Å². The minimum Gasteiger partial charge on any atom is -0.394 e. The third kappa shape index (κ3) is 4.03. The highest BCUT2D eigenvalue weighted by molar-refractivity contribution is 6.67. The molecule has 2 fully saturated rings. The second-order valence-corrected chi connectivity index (χ2v) is 9.46. The fourth-order valence-corrected chi connectivity index (χ4v) is 6.51. The van der Waals surface area contributed by atoms with Crippen LogP contribution in [0.25, 0.3) is 0 Å². The molecular weight excluding hydrogens is 256 g/mol. The number of hydrogen-bond donors (Lipinski definition) is 0. The number of hydrogen-bond acceptors (Lipinski definition) is 3. The van der Waals surface area contributed by atoms with Crippen LogP contribution < -0.4 is 0 Å². The summed E-state index contributed by atoms with van der Waals surface area (Å²) in [5, 5.41) is 0. The summed E-state index contributed by atoms with van der Waals surface area (Å²) in [6.45, 7) is 7.97. The van der Waals surface area contributed by atoms with Gasteiger partial charge in [-0.25, -0.2) is 0 Å². The van der Waals surface area contributed by atoms with Crippen molar-refractivity contribution >= 4 is 8.56 Å². The van der Waals surface area contributed by atoms with Gasteiger partial charge < -0.3 is 13.6 Å². The number of ether oxygens (including phenoxy) is 1. The van der Waals surface area contributed by atoms with Crippen LogP contribution in [0.5, 0.6) is 0 Å². The Balaban J connectivity index is 1.74. The third-order valence-electron chi connectivity index (χ3n) is 4.64. The highest BCUT2D eigenvalue weighted by Crippen LogP contribution is 2.43. The van der Waals surface area contributed by atoms with Crippen molar-refractivity contribution in [2.24, 2.45) is 5.92 Å².